The molecule has 6 heteroatoms. The average Bonchev–Trinajstić information content (AvgIpc) is 2.58. The van der Waals surface area contributed by atoms with Crippen LogP contribution in [0.25, 0.3) is 6.08 Å². The molecule has 0 aliphatic rings. The topological polar surface area (TPSA) is 96.0 Å². The van der Waals surface area contributed by atoms with E-state index in [2.05, 4.69) is 12.2 Å². The van der Waals surface area contributed by atoms with E-state index in [0.29, 0.717) is 6.54 Å². The zero-order valence-electron chi connectivity index (χ0n) is 14.0. The third-order valence-corrected chi connectivity index (χ3v) is 3.61. The summed E-state index contributed by atoms with van der Waals surface area (Å²) in [6, 6.07) is 7.83. The first-order valence-corrected chi connectivity index (χ1v) is 8.23. The predicted octanol–water partition coefficient (Wildman–Crippen LogP) is 3.98. The number of hydrogen-bond donors (Lipinski definition) is 1. The van der Waals surface area contributed by atoms with Crippen LogP contribution in [0, 0.1) is 21.4 Å². The predicted molar refractivity (Wildman–Crippen MR) is 93.1 cm³/mol. The number of carbonyl (C=O) groups excluding carboxylic acids is 1. The van der Waals surface area contributed by atoms with E-state index in [1.54, 1.807) is 12.1 Å². The van der Waals surface area contributed by atoms with Crippen LogP contribution in [-0.2, 0) is 4.79 Å². The number of nitro groups is 1. The summed E-state index contributed by atoms with van der Waals surface area (Å²) in [5.41, 5.74) is -0.0157. The Kier molecular flexibility index (Phi) is 8.84. The fraction of sp³-hybridized carbons (Fsp3) is 0.444. The summed E-state index contributed by atoms with van der Waals surface area (Å²) in [7, 11) is 0. The molecule has 128 valence electrons. The molecule has 1 aromatic carbocycles. The summed E-state index contributed by atoms with van der Waals surface area (Å²) in [4.78, 5) is 22.5. The fourth-order valence-corrected chi connectivity index (χ4v) is 2.28. The minimum absolute atomic E-state index is 0.129. The lowest BCUT2D eigenvalue weighted by atomic mass is 10.1. The van der Waals surface area contributed by atoms with Crippen molar-refractivity contribution in [3.05, 3.63) is 45.5 Å². The standard InChI is InChI=1S/C18H23N3O3/c1-2-3-4-5-6-9-12-20-18(22)16(14-19)13-15-10-7-8-11-17(15)21(23)24/h7-8,10-11,13H,2-6,9,12H2,1H3,(H,20,22). The highest BCUT2D eigenvalue weighted by molar-refractivity contribution is 6.02. The van der Waals surface area contributed by atoms with E-state index < -0.39 is 10.8 Å². The van der Waals surface area contributed by atoms with Crippen LogP contribution in [0.2, 0.25) is 0 Å². The van der Waals surface area contributed by atoms with E-state index in [4.69, 9.17) is 5.26 Å². The first-order valence-electron chi connectivity index (χ1n) is 8.23. The van der Waals surface area contributed by atoms with Crippen molar-refractivity contribution in [2.24, 2.45) is 0 Å². The van der Waals surface area contributed by atoms with Crippen molar-refractivity contribution in [3.8, 4) is 6.07 Å². The molecule has 0 aromatic heterocycles. The SMILES string of the molecule is CCCCCCCCNC(=O)C(C#N)=Cc1ccccc1[N+](=O)[O-]. The highest BCUT2D eigenvalue weighted by Gasteiger charge is 2.14. The Balaban J connectivity index is 2.59. The third kappa shape index (κ3) is 6.61. The van der Waals surface area contributed by atoms with Gasteiger partial charge >= 0.3 is 0 Å². The van der Waals surface area contributed by atoms with Gasteiger partial charge in [-0.25, -0.2) is 0 Å². The molecule has 0 spiro atoms. The molecule has 0 atom stereocenters. The molecule has 1 N–H and O–H groups in total. The molecule has 0 saturated heterocycles. The maximum atomic E-state index is 12.0. The molecule has 1 rings (SSSR count). The molecule has 0 bridgehead atoms. The Hall–Kier alpha value is -2.68. The lowest BCUT2D eigenvalue weighted by molar-refractivity contribution is -0.385. The molecule has 6 nitrogen and oxygen atoms in total. The van der Waals surface area contributed by atoms with Crippen molar-refractivity contribution in [2.75, 3.05) is 6.54 Å². The van der Waals surface area contributed by atoms with Crippen molar-refractivity contribution >= 4 is 17.7 Å². The van der Waals surface area contributed by atoms with Crippen molar-refractivity contribution in [2.45, 2.75) is 45.4 Å². The summed E-state index contributed by atoms with van der Waals surface area (Å²) < 4.78 is 0. The van der Waals surface area contributed by atoms with Crippen LogP contribution in [0.4, 0.5) is 5.69 Å². The van der Waals surface area contributed by atoms with Gasteiger partial charge in [-0.05, 0) is 18.6 Å². The number of hydrogen-bond acceptors (Lipinski definition) is 4. The highest BCUT2D eigenvalue weighted by atomic mass is 16.6. The molecule has 24 heavy (non-hydrogen) atoms. The quantitative estimate of drug-likeness (QED) is 0.231. The lowest BCUT2D eigenvalue weighted by Gasteiger charge is -2.04. The Morgan fingerprint density at radius 2 is 1.92 bits per heavy atom. The van der Waals surface area contributed by atoms with Crippen LogP contribution in [0.1, 0.15) is 51.0 Å². The molecule has 0 fully saturated rings. The zero-order chi connectivity index (χ0) is 17.8. The van der Waals surface area contributed by atoms with E-state index in [9.17, 15) is 14.9 Å². The third-order valence-electron chi connectivity index (χ3n) is 3.61. The molecule has 1 aromatic rings. The van der Waals surface area contributed by atoms with Crippen LogP contribution >= 0.6 is 0 Å². The van der Waals surface area contributed by atoms with E-state index in [1.165, 1.54) is 37.5 Å². The minimum Gasteiger partial charge on any atom is -0.351 e. The van der Waals surface area contributed by atoms with E-state index in [1.807, 2.05) is 6.07 Å². The van der Waals surface area contributed by atoms with Gasteiger partial charge in [-0.3, -0.25) is 14.9 Å². The van der Waals surface area contributed by atoms with Crippen molar-refractivity contribution < 1.29 is 9.72 Å². The summed E-state index contributed by atoms with van der Waals surface area (Å²) >= 11 is 0. The van der Waals surface area contributed by atoms with Crippen LogP contribution in [0.5, 0.6) is 0 Å². The molecule has 0 aliphatic heterocycles. The van der Waals surface area contributed by atoms with E-state index >= 15 is 0 Å². The van der Waals surface area contributed by atoms with Gasteiger partial charge in [0.1, 0.15) is 11.6 Å². The summed E-state index contributed by atoms with van der Waals surface area (Å²) in [5.74, 6) is -0.496. The van der Waals surface area contributed by atoms with Crippen LogP contribution < -0.4 is 5.32 Å². The summed E-state index contributed by atoms with van der Waals surface area (Å²) in [6.07, 6.45) is 7.92. The average molecular weight is 329 g/mol. The van der Waals surface area contributed by atoms with Gasteiger partial charge in [-0.1, -0.05) is 51.2 Å². The highest BCUT2D eigenvalue weighted by Crippen LogP contribution is 2.20. The second kappa shape index (κ2) is 10.9. The number of para-hydroxylation sites is 1. The monoisotopic (exact) mass is 329 g/mol. The number of amides is 1. The molecule has 0 heterocycles. The molecular formula is C18H23N3O3. The zero-order valence-corrected chi connectivity index (χ0v) is 14.0. The molecule has 0 saturated carbocycles. The molecule has 0 aliphatic carbocycles. The Morgan fingerprint density at radius 1 is 1.25 bits per heavy atom. The van der Waals surface area contributed by atoms with Crippen molar-refractivity contribution in [3.63, 3.8) is 0 Å². The Bertz CT molecular complexity index is 633. The largest absolute Gasteiger partial charge is 0.351 e. The van der Waals surface area contributed by atoms with Gasteiger partial charge in [0.25, 0.3) is 11.6 Å². The maximum Gasteiger partial charge on any atom is 0.276 e. The first-order chi connectivity index (χ1) is 11.6. The van der Waals surface area contributed by atoms with Crippen molar-refractivity contribution in [1.29, 1.82) is 5.26 Å². The Labute approximate surface area is 142 Å². The van der Waals surface area contributed by atoms with Gasteiger partial charge in [-0.15, -0.1) is 0 Å². The van der Waals surface area contributed by atoms with Crippen LogP contribution in [0.15, 0.2) is 29.8 Å². The van der Waals surface area contributed by atoms with Gasteiger partial charge in [-0.2, -0.15) is 5.26 Å². The van der Waals surface area contributed by atoms with Gasteiger partial charge in [0, 0.05) is 12.6 Å². The number of rotatable bonds is 10. The second-order valence-corrected chi connectivity index (χ2v) is 5.51. The lowest BCUT2D eigenvalue weighted by Crippen LogP contribution is -2.25. The maximum absolute atomic E-state index is 12.0. The van der Waals surface area contributed by atoms with Crippen LogP contribution in [0.3, 0.4) is 0 Å². The number of benzene rings is 1. The molecule has 0 unspecified atom stereocenters. The van der Waals surface area contributed by atoms with E-state index in [0.717, 1.165) is 19.3 Å². The van der Waals surface area contributed by atoms with Gasteiger partial charge < -0.3 is 5.32 Å². The molecule has 0 radical (unpaired) electrons. The summed E-state index contributed by atoms with van der Waals surface area (Å²) in [6.45, 7) is 2.66. The number of nitriles is 1. The number of nitrogens with one attached hydrogen (secondary N) is 1. The fourth-order valence-electron chi connectivity index (χ4n) is 2.28. The minimum atomic E-state index is -0.533. The first kappa shape index (κ1) is 19.4. The Morgan fingerprint density at radius 3 is 2.58 bits per heavy atom. The number of carbonyl (C=O) groups is 1. The molecule has 1 amide bonds. The van der Waals surface area contributed by atoms with Gasteiger partial charge in [0.15, 0.2) is 0 Å². The number of nitrogens with zero attached hydrogens (tertiary/aromatic N) is 2. The molecular weight excluding hydrogens is 306 g/mol. The smallest absolute Gasteiger partial charge is 0.276 e. The second-order valence-electron chi connectivity index (χ2n) is 5.51. The van der Waals surface area contributed by atoms with E-state index in [-0.39, 0.29) is 16.8 Å². The summed E-state index contributed by atoms with van der Waals surface area (Å²) in [5, 5.41) is 22.8. The van der Waals surface area contributed by atoms with Crippen molar-refractivity contribution in [1.82, 2.24) is 5.32 Å². The van der Waals surface area contributed by atoms with Crippen LogP contribution in [-0.4, -0.2) is 17.4 Å². The normalized spacial score (nSPS) is 10.9. The number of unbranched alkanes of at least 4 members (excludes halogenated alkanes) is 5. The number of nitro benzene ring substituents is 1. The van der Waals surface area contributed by atoms with Gasteiger partial charge in [0.05, 0.1) is 10.5 Å². The van der Waals surface area contributed by atoms with Gasteiger partial charge in [0.2, 0.25) is 0 Å².